The van der Waals surface area contributed by atoms with Gasteiger partial charge < -0.3 is 11.1 Å². The van der Waals surface area contributed by atoms with Gasteiger partial charge in [0.1, 0.15) is 17.8 Å². The number of halogens is 2. The monoisotopic (exact) mass is 409 g/mol. The van der Waals surface area contributed by atoms with Crippen molar-refractivity contribution in [1.82, 2.24) is 15.2 Å². The maximum absolute atomic E-state index is 14.2. The summed E-state index contributed by atoms with van der Waals surface area (Å²) in [5.74, 6) is -0.457. The molecule has 1 saturated carbocycles. The maximum Gasteiger partial charge on any atom is 0.248 e. The first-order valence-electron chi connectivity index (χ1n) is 9.61. The average Bonchev–Trinajstić information content (AvgIpc) is 2.70. The lowest BCUT2D eigenvalue weighted by molar-refractivity contribution is 0.0963. The fraction of sp³-hybridized carbons (Fsp3) is 0.273. The number of hydrogen-bond acceptors (Lipinski definition) is 5. The Kier molecular flexibility index (Phi) is 5.15. The molecule has 3 aromatic rings. The van der Waals surface area contributed by atoms with E-state index >= 15 is 0 Å². The van der Waals surface area contributed by atoms with Crippen molar-refractivity contribution in [2.45, 2.75) is 31.4 Å². The molecule has 0 radical (unpaired) electrons. The van der Waals surface area contributed by atoms with Crippen LogP contribution in [0.25, 0.3) is 11.3 Å². The molecule has 0 atom stereocenters. The highest BCUT2D eigenvalue weighted by Crippen LogP contribution is 2.45. The number of anilines is 1. The Labute approximate surface area is 172 Å². The molecule has 2 aromatic heterocycles. The molecule has 154 valence electrons. The Balaban J connectivity index is 1.51. The van der Waals surface area contributed by atoms with Gasteiger partial charge in [-0.3, -0.25) is 9.78 Å². The van der Waals surface area contributed by atoms with Crippen molar-refractivity contribution < 1.29 is 13.6 Å². The number of carbonyl (C=O) groups is 1. The molecule has 0 saturated heterocycles. The van der Waals surface area contributed by atoms with Crippen LogP contribution in [0.3, 0.4) is 0 Å². The zero-order chi connectivity index (χ0) is 21.3. The second-order valence-corrected chi connectivity index (χ2v) is 7.73. The van der Waals surface area contributed by atoms with Crippen LogP contribution in [-0.2, 0) is 5.41 Å². The van der Waals surface area contributed by atoms with Crippen LogP contribution in [0.5, 0.6) is 0 Å². The van der Waals surface area contributed by atoms with Gasteiger partial charge in [-0.2, -0.15) is 0 Å². The van der Waals surface area contributed by atoms with E-state index in [-0.39, 0.29) is 18.5 Å². The molecule has 1 amide bonds. The van der Waals surface area contributed by atoms with Gasteiger partial charge in [0, 0.05) is 29.3 Å². The van der Waals surface area contributed by atoms with Crippen molar-refractivity contribution in [3.63, 3.8) is 0 Å². The molecule has 0 spiro atoms. The highest BCUT2D eigenvalue weighted by molar-refractivity contribution is 5.94. The summed E-state index contributed by atoms with van der Waals surface area (Å²) >= 11 is 0. The number of pyridine rings is 1. The fourth-order valence-electron chi connectivity index (χ4n) is 3.90. The Morgan fingerprint density at radius 3 is 2.67 bits per heavy atom. The lowest BCUT2D eigenvalue weighted by atomic mass is 9.65. The van der Waals surface area contributed by atoms with E-state index in [1.807, 2.05) is 13.0 Å². The van der Waals surface area contributed by atoms with Crippen LogP contribution in [0.2, 0.25) is 0 Å². The largest absolute Gasteiger partial charge is 0.368 e. The normalized spacial score (nSPS) is 20.4. The minimum Gasteiger partial charge on any atom is -0.368 e. The number of nitrogens with one attached hydrogen (secondary N) is 1. The summed E-state index contributed by atoms with van der Waals surface area (Å²) in [6, 6.07) is 11.6. The molecule has 1 fully saturated rings. The maximum atomic E-state index is 14.2. The predicted molar refractivity (Wildman–Crippen MR) is 109 cm³/mol. The molecule has 4 rings (SSSR count). The number of amides is 1. The van der Waals surface area contributed by atoms with Crippen LogP contribution in [0, 0.1) is 12.7 Å². The third-order valence-electron chi connectivity index (χ3n) is 5.42. The van der Waals surface area contributed by atoms with Crippen LogP contribution >= 0.6 is 0 Å². The number of nitrogens with two attached hydrogens (primary N) is 1. The van der Waals surface area contributed by atoms with Gasteiger partial charge in [-0.05, 0) is 67.8 Å². The van der Waals surface area contributed by atoms with Crippen molar-refractivity contribution in [3.05, 3.63) is 71.3 Å². The van der Waals surface area contributed by atoms with Gasteiger partial charge in [0.2, 0.25) is 5.91 Å². The standard InChI is InChI=1S/C22H21F2N5O/c1-13-7-14(9-15(8-13)21(25)30)18-4-5-19(29-28-18)27-12-22(10-16(23)11-22)20-17(24)3-2-6-26-20/h2-9,16H,10-12H2,1H3,(H2,25,30)(H,27,29). The highest BCUT2D eigenvalue weighted by atomic mass is 19.1. The zero-order valence-corrected chi connectivity index (χ0v) is 16.4. The van der Waals surface area contributed by atoms with E-state index < -0.39 is 23.3 Å². The Morgan fingerprint density at radius 1 is 1.23 bits per heavy atom. The molecule has 2 heterocycles. The fourth-order valence-corrected chi connectivity index (χ4v) is 3.90. The average molecular weight is 409 g/mol. The Bertz CT molecular complexity index is 1080. The number of benzene rings is 1. The third-order valence-corrected chi connectivity index (χ3v) is 5.42. The van der Waals surface area contributed by atoms with E-state index in [2.05, 4.69) is 20.5 Å². The quantitative estimate of drug-likeness (QED) is 0.649. The van der Waals surface area contributed by atoms with Gasteiger partial charge in [0.05, 0.1) is 11.4 Å². The number of carbonyl (C=O) groups excluding carboxylic acids is 1. The summed E-state index contributed by atoms with van der Waals surface area (Å²) in [7, 11) is 0. The van der Waals surface area contributed by atoms with Gasteiger partial charge in [0.15, 0.2) is 0 Å². The smallest absolute Gasteiger partial charge is 0.248 e. The number of hydrogen-bond donors (Lipinski definition) is 2. The molecule has 3 N–H and O–H groups in total. The van der Waals surface area contributed by atoms with Gasteiger partial charge in [-0.1, -0.05) is 0 Å². The molecular weight excluding hydrogens is 388 g/mol. The summed E-state index contributed by atoms with van der Waals surface area (Å²) in [6.45, 7) is 2.16. The molecule has 1 aliphatic carbocycles. The minimum absolute atomic E-state index is 0.207. The van der Waals surface area contributed by atoms with Crippen molar-refractivity contribution in [2.75, 3.05) is 11.9 Å². The molecule has 8 heteroatoms. The van der Waals surface area contributed by atoms with Gasteiger partial charge >= 0.3 is 0 Å². The van der Waals surface area contributed by atoms with E-state index in [9.17, 15) is 13.6 Å². The number of aryl methyl sites for hydroxylation is 1. The van der Waals surface area contributed by atoms with E-state index in [1.54, 1.807) is 24.3 Å². The number of rotatable bonds is 6. The first-order valence-corrected chi connectivity index (χ1v) is 9.61. The highest BCUT2D eigenvalue weighted by Gasteiger charge is 2.48. The Hall–Kier alpha value is -3.42. The number of nitrogens with zero attached hydrogens (tertiary/aromatic N) is 3. The molecule has 30 heavy (non-hydrogen) atoms. The van der Waals surface area contributed by atoms with Gasteiger partial charge in [0.25, 0.3) is 0 Å². The van der Waals surface area contributed by atoms with E-state index in [4.69, 9.17) is 5.73 Å². The van der Waals surface area contributed by atoms with E-state index in [0.717, 1.165) is 11.1 Å². The summed E-state index contributed by atoms with van der Waals surface area (Å²) in [6.07, 6.45) is 0.960. The summed E-state index contributed by atoms with van der Waals surface area (Å²) in [5, 5.41) is 11.5. The molecular formula is C22H21F2N5O. The lowest BCUT2D eigenvalue weighted by Crippen LogP contribution is -2.49. The van der Waals surface area contributed by atoms with Crippen molar-refractivity contribution in [3.8, 4) is 11.3 Å². The van der Waals surface area contributed by atoms with Crippen LogP contribution in [0.4, 0.5) is 14.6 Å². The molecule has 1 aromatic carbocycles. The molecule has 6 nitrogen and oxygen atoms in total. The predicted octanol–water partition coefficient (Wildman–Crippen LogP) is 3.57. The molecule has 0 aliphatic heterocycles. The third kappa shape index (κ3) is 3.85. The van der Waals surface area contributed by atoms with E-state index in [1.165, 1.54) is 18.3 Å². The number of alkyl halides is 1. The summed E-state index contributed by atoms with van der Waals surface area (Å²) in [5.41, 5.74) is 7.55. The van der Waals surface area contributed by atoms with E-state index in [0.29, 0.717) is 23.6 Å². The van der Waals surface area contributed by atoms with Crippen LogP contribution in [0.15, 0.2) is 48.7 Å². The second-order valence-electron chi connectivity index (χ2n) is 7.73. The van der Waals surface area contributed by atoms with Crippen LogP contribution < -0.4 is 11.1 Å². The zero-order valence-electron chi connectivity index (χ0n) is 16.4. The first kappa shape index (κ1) is 19.9. The Morgan fingerprint density at radius 2 is 2.03 bits per heavy atom. The summed E-state index contributed by atoms with van der Waals surface area (Å²) in [4.78, 5) is 15.6. The molecule has 0 bridgehead atoms. The first-order chi connectivity index (χ1) is 14.4. The second kappa shape index (κ2) is 7.78. The SMILES string of the molecule is Cc1cc(C(N)=O)cc(-c2ccc(NCC3(c4ncccc4F)CC(F)C3)nn2)c1. The van der Waals surface area contributed by atoms with Crippen molar-refractivity contribution in [1.29, 1.82) is 0 Å². The van der Waals surface area contributed by atoms with Crippen LogP contribution in [-0.4, -0.2) is 33.8 Å². The van der Waals surface area contributed by atoms with Gasteiger partial charge in [-0.25, -0.2) is 8.78 Å². The minimum atomic E-state index is -0.970. The number of aromatic nitrogens is 3. The van der Waals surface area contributed by atoms with Gasteiger partial charge in [-0.15, -0.1) is 10.2 Å². The van der Waals surface area contributed by atoms with Crippen molar-refractivity contribution >= 4 is 11.7 Å². The topological polar surface area (TPSA) is 93.8 Å². The number of primary amides is 1. The molecule has 0 unspecified atom stereocenters. The van der Waals surface area contributed by atoms with Crippen LogP contribution in [0.1, 0.15) is 34.5 Å². The summed E-state index contributed by atoms with van der Waals surface area (Å²) < 4.78 is 27.9. The molecule has 1 aliphatic rings. The lowest BCUT2D eigenvalue weighted by Gasteiger charge is -2.44. The van der Waals surface area contributed by atoms with Crippen molar-refractivity contribution in [2.24, 2.45) is 5.73 Å².